The number of hydrogen-bond acceptors (Lipinski definition) is 5. The Balaban J connectivity index is 2.14. The summed E-state index contributed by atoms with van der Waals surface area (Å²) in [5.74, 6) is -1.55. The lowest BCUT2D eigenvalue weighted by atomic mass is 9.98. The van der Waals surface area contributed by atoms with E-state index in [0.29, 0.717) is 6.42 Å². The Morgan fingerprint density at radius 1 is 1.41 bits per heavy atom. The molecule has 2 aromatic rings. The number of hydrogen-bond donors (Lipinski definition) is 2. The van der Waals surface area contributed by atoms with E-state index >= 15 is 0 Å². The second-order valence-corrected chi connectivity index (χ2v) is 8.15. The minimum absolute atomic E-state index is 0.115. The molecule has 0 spiro atoms. The summed E-state index contributed by atoms with van der Waals surface area (Å²) >= 11 is 1.36. The molecule has 1 aromatic carbocycles. The largest absolute Gasteiger partial charge is 0.481 e. The monoisotopic (exact) mass is 342 g/mol. The molecular formula is C14H18N2O4S2. The highest BCUT2D eigenvalue weighted by Gasteiger charge is 2.23. The first-order valence-electron chi connectivity index (χ1n) is 6.85. The lowest BCUT2D eigenvalue weighted by Crippen LogP contribution is -2.33. The van der Waals surface area contributed by atoms with Crippen molar-refractivity contribution in [2.75, 3.05) is 6.54 Å². The third-order valence-corrected chi connectivity index (χ3v) is 5.45. The number of nitrogens with zero attached hydrogens (tertiary/aromatic N) is 1. The van der Waals surface area contributed by atoms with Crippen molar-refractivity contribution in [2.45, 2.75) is 25.2 Å². The average Bonchev–Trinajstić information content (AvgIpc) is 2.90. The fourth-order valence-corrected chi connectivity index (χ4v) is 4.04. The van der Waals surface area contributed by atoms with Gasteiger partial charge in [-0.3, -0.25) is 4.79 Å². The van der Waals surface area contributed by atoms with Gasteiger partial charge >= 0.3 is 5.97 Å². The summed E-state index contributed by atoms with van der Waals surface area (Å²) in [6, 6.07) is 4.67. The summed E-state index contributed by atoms with van der Waals surface area (Å²) in [4.78, 5) is 15.4. The lowest BCUT2D eigenvalue weighted by Gasteiger charge is -2.15. The summed E-state index contributed by atoms with van der Waals surface area (Å²) in [5, 5.41) is 9.16. The average molecular weight is 342 g/mol. The number of nitrogens with one attached hydrogen (secondary N) is 1. The zero-order valence-electron chi connectivity index (χ0n) is 12.3. The fourth-order valence-electron chi connectivity index (χ4n) is 2.14. The molecule has 22 heavy (non-hydrogen) atoms. The van der Waals surface area contributed by atoms with Crippen molar-refractivity contribution in [1.82, 2.24) is 9.71 Å². The van der Waals surface area contributed by atoms with E-state index in [2.05, 4.69) is 9.71 Å². The molecular weight excluding hydrogens is 324 g/mol. The number of fused-ring (bicyclic) bond motifs is 1. The molecule has 0 bridgehead atoms. The molecule has 8 heteroatoms. The standard InChI is InChI=1S/C14H18N2O4S2/c1-9(2)5-10(14(17)18)7-16-22(19,20)11-3-4-12-13(6-11)21-8-15-12/h3-4,6,8-10,16H,5,7H2,1-2H3,(H,17,18). The van der Waals surface area contributed by atoms with Crippen molar-refractivity contribution in [3.05, 3.63) is 23.7 Å². The Labute approximate surface area is 133 Å². The first-order valence-corrected chi connectivity index (χ1v) is 9.21. The fraction of sp³-hybridized carbons (Fsp3) is 0.429. The van der Waals surface area contributed by atoms with Gasteiger partial charge in [-0.1, -0.05) is 13.8 Å². The summed E-state index contributed by atoms with van der Waals surface area (Å²) in [7, 11) is -3.73. The van der Waals surface area contributed by atoms with Crippen LogP contribution in [0.15, 0.2) is 28.6 Å². The molecule has 0 fully saturated rings. The molecule has 0 saturated carbocycles. The van der Waals surface area contributed by atoms with Crippen LogP contribution in [0.2, 0.25) is 0 Å². The number of sulfonamides is 1. The maximum Gasteiger partial charge on any atom is 0.307 e. The van der Waals surface area contributed by atoms with Gasteiger partial charge in [-0.15, -0.1) is 11.3 Å². The van der Waals surface area contributed by atoms with Gasteiger partial charge in [-0.2, -0.15) is 0 Å². The molecule has 0 aliphatic heterocycles. The summed E-state index contributed by atoms with van der Waals surface area (Å²) in [6.45, 7) is 3.70. The number of thiazole rings is 1. The smallest absolute Gasteiger partial charge is 0.307 e. The Morgan fingerprint density at radius 2 is 2.14 bits per heavy atom. The Hall–Kier alpha value is -1.51. The Kier molecular flexibility index (Phi) is 5.15. The zero-order valence-corrected chi connectivity index (χ0v) is 13.9. The van der Waals surface area contributed by atoms with Crippen LogP contribution in [0.4, 0.5) is 0 Å². The van der Waals surface area contributed by atoms with Crippen molar-refractivity contribution in [2.24, 2.45) is 11.8 Å². The number of carbonyl (C=O) groups is 1. The highest BCUT2D eigenvalue weighted by atomic mass is 32.2. The number of carboxylic acids is 1. The van der Waals surface area contributed by atoms with E-state index in [4.69, 9.17) is 5.11 Å². The quantitative estimate of drug-likeness (QED) is 0.805. The van der Waals surface area contributed by atoms with Crippen molar-refractivity contribution in [3.8, 4) is 0 Å². The highest BCUT2D eigenvalue weighted by Crippen LogP contribution is 2.22. The van der Waals surface area contributed by atoms with E-state index in [1.54, 1.807) is 17.6 Å². The predicted octanol–water partition coefficient (Wildman–Crippen LogP) is 2.32. The molecule has 0 aliphatic carbocycles. The van der Waals surface area contributed by atoms with Crippen LogP contribution in [0.5, 0.6) is 0 Å². The number of aliphatic carboxylic acids is 1. The van der Waals surface area contributed by atoms with Crippen molar-refractivity contribution in [3.63, 3.8) is 0 Å². The molecule has 0 radical (unpaired) electrons. The predicted molar refractivity (Wildman–Crippen MR) is 85.4 cm³/mol. The van der Waals surface area contributed by atoms with Crippen LogP contribution in [-0.4, -0.2) is 31.0 Å². The van der Waals surface area contributed by atoms with Crippen LogP contribution < -0.4 is 4.72 Å². The highest BCUT2D eigenvalue weighted by molar-refractivity contribution is 7.89. The van der Waals surface area contributed by atoms with Crippen LogP contribution in [0.1, 0.15) is 20.3 Å². The normalized spacial score (nSPS) is 13.6. The molecule has 6 nitrogen and oxygen atoms in total. The van der Waals surface area contributed by atoms with Crippen LogP contribution in [0, 0.1) is 11.8 Å². The number of rotatable bonds is 7. The molecule has 0 saturated heterocycles. The molecule has 1 aromatic heterocycles. The molecule has 2 rings (SSSR count). The van der Waals surface area contributed by atoms with Gasteiger partial charge in [-0.05, 0) is 30.5 Å². The van der Waals surface area contributed by atoms with Gasteiger partial charge in [0.15, 0.2) is 0 Å². The summed E-state index contributed by atoms with van der Waals surface area (Å²) in [5.41, 5.74) is 2.39. The van der Waals surface area contributed by atoms with Gasteiger partial charge in [0.2, 0.25) is 10.0 Å². The van der Waals surface area contributed by atoms with E-state index in [1.165, 1.54) is 17.4 Å². The topological polar surface area (TPSA) is 96.4 Å². The van der Waals surface area contributed by atoms with Gasteiger partial charge < -0.3 is 5.11 Å². The molecule has 0 aliphatic rings. The molecule has 120 valence electrons. The van der Waals surface area contributed by atoms with Gasteiger partial charge in [0.05, 0.1) is 26.5 Å². The number of aromatic nitrogens is 1. The number of carboxylic acid groups (broad SMARTS) is 1. The van der Waals surface area contributed by atoms with Crippen molar-refractivity contribution in [1.29, 1.82) is 0 Å². The third kappa shape index (κ3) is 4.02. The minimum Gasteiger partial charge on any atom is -0.481 e. The van der Waals surface area contributed by atoms with E-state index in [1.807, 2.05) is 13.8 Å². The van der Waals surface area contributed by atoms with Gasteiger partial charge in [0, 0.05) is 6.54 Å². The van der Waals surface area contributed by atoms with Crippen LogP contribution in [-0.2, 0) is 14.8 Å². The van der Waals surface area contributed by atoms with Gasteiger partial charge in [-0.25, -0.2) is 18.1 Å². The number of benzene rings is 1. The zero-order chi connectivity index (χ0) is 16.3. The van der Waals surface area contributed by atoms with Crippen LogP contribution in [0.25, 0.3) is 10.2 Å². The summed E-state index contributed by atoms with van der Waals surface area (Å²) in [6.07, 6.45) is 0.422. The second-order valence-electron chi connectivity index (χ2n) is 5.50. The van der Waals surface area contributed by atoms with E-state index in [-0.39, 0.29) is 17.4 Å². The van der Waals surface area contributed by atoms with E-state index in [0.717, 1.165) is 10.2 Å². The van der Waals surface area contributed by atoms with Crippen molar-refractivity contribution < 1.29 is 18.3 Å². The molecule has 2 N–H and O–H groups in total. The van der Waals surface area contributed by atoms with E-state index < -0.39 is 21.9 Å². The SMILES string of the molecule is CC(C)CC(CNS(=O)(=O)c1ccc2ncsc2c1)C(=O)O. The first-order chi connectivity index (χ1) is 10.3. The maximum atomic E-state index is 12.3. The van der Waals surface area contributed by atoms with Gasteiger partial charge in [0.1, 0.15) is 0 Å². The molecule has 1 atom stereocenters. The van der Waals surface area contributed by atoms with Gasteiger partial charge in [0.25, 0.3) is 0 Å². The molecule has 1 unspecified atom stereocenters. The minimum atomic E-state index is -3.73. The Morgan fingerprint density at radius 3 is 2.77 bits per heavy atom. The maximum absolute atomic E-state index is 12.3. The first kappa shape index (κ1) is 16.9. The summed E-state index contributed by atoms with van der Waals surface area (Å²) < 4.78 is 27.8. The third-order valence-electron chi connectivity index (χ3n) is 3.24. The molecule has 1 heterocycles. The van der Waals surface area contributed by atoms with E-state index in [9.17, 15) is 13.2 Å². The van der Waals surface area contributed by atoms with Crippen LogP contribution in [0.3, 0.4) is 0 Å². The Bertz CT molecular complexity index is 768. The van der Waals surface area contributed by atoms with Crippen LogP contribution >= 0.6 is 11.3 Å². The lowest BCUT2D eigenvalue weighted by molar-refractivity contribution is -0.142. The second kappa shape index (κ2) is 6.72. The van der Waals surface area contributed by atoms with Crippen molar-refractivity contribution >= 4 is 37.5 Å². The molecule has 0 amide bonds.